The van der Waals surface area contributed by atoms with Gasteiger partial charge in [-0.05, 0) is 41.8 Å². The van der Waals surface area contributed by atoms with Gasteiger partial charge in [0.1, 0.15) is 0 Å². The number of hydrogen-bond donors (Lipinski definition) is 3. The van der Waals surface area contributed by atoms with Crippen LogP contribution in [0, 0.1) is 0 Å². The molecule has 0 saturated carbocycles. The molecule has 6 nitrogen and oxygen atoms in total. The normalized spacial score (nSPS) is 11.8. The maximum absolute atomic E-state index is 10.00. The maximum atomic E-state index is 10.00. The van der Waals surface area contributed by atoms with Crippen molar-refractivity contribution in [2.45, 2.75) is 12.3 Å². The summed E-state index contributed by atoms with van der Waals surface area (Å²) in [5.41, 5.74) is 1.67. The molecule has 2 rings (SSSR count). The van der Waals surface area contributed by atoms with E-state index in [4.69, 9.17) is 14.2 Å². The van der Waals surface area contributed by atoms with E-state index in [-0.39, 0.29) is 35.5 Å². The monoisotopic (exact) mass is 334 g/mol. The van der Waals surface area contributed by atoms with E-state index >= 15 is 0 Å². The smallest absolute Gasteiger partial charge is 0.200 e. The number of phenolic OH excluding ortho intramolecular Hbond substituents is 2. The van der Waals surface area contributed by atoms with Gasteiger partial charge in [-0.15, -0.1) is 0 Å². The Morgan fingerprint density at radius 1 is 0.875 bits per heavy atom. The highest BCUT2D eigenvalue weighted by Gasteiger charge is 2.18. The lowest BCUT2D eigenvalue weighted by Crippen LogP contribution is -2.08. The van der Waals surface area contributed by atoms with Crippen LogP contribution >= 0.6 is 0 Å². The van der Waals surface area contributed by atoms with E-state index in [0.717, 1.165) is 11.1 Å². The van der Waals surface area contributed by atoms with Gasteiger partial charge in [0.2, 0.25) is 5.75 Å². The molecule has 1 atom stereocenters. The molecule has 2 aromatic rings. The fraction of sp³-hybridized carbons (Fsp3) is 0.333. The van der Waals surface area contributed by atoms with Crippen LogP contribution in [0.1, 0.15) is 17.0 Å². The van der Waals surface area contributed by atoms with Gasteiger partial charge in [0, 0.05) is 5.92 Å². The van der Waals surface area contributed by atoms with Crippen LogP contribution in [0.4, 0.5) is 0 Å². The summed E-state index contributed by atoms with van der Waals surface area (Å²) in [6.07, 6.45) is 0.518. The first-order valence-electron chi connectivity index (χ1n) is 7.45. The number of aromatic hydroxyl groups is 2. The van der Waals surface area contributed by atoms with Crippen molar-refractivity contribution >= 4 is 0 Å². The molecule has 0 bridgehead atoms. The lowest BCUT2D eigenvalue weighted by molar-refractivity contribution is 0.263. The summed E-state index contributed by atoms with van der Waals surface area (Å²) < 4.78 is 15.4. The number of methoxy groups -OCH3 is 3. The van der Waals surface area contributed by atoms with Gasteiger partial charge in [0.15, 0.2) is 23.0 Å². The Morgan fingerprint density at radius 2 is 1.46 bits per heavy atom. The van der Waals surface area contributed by atoms with Crippen LogP contribution < -0.4 is 14.2 Å². The summed E-state index contributed by atoms with van der Waals surface area (Å²) in [6.45, 7) is -0.0969. The largest absolute Gasteiger partial charge is 0.504 e. The summed E-state index contributed by atoms with van der Waals surface area (Å²) in [5.74, 6) is 0.700. The highest BCUT2D eigenvalue weighted by atomic mass is 16.5. The fourth-order valence-corrected chi connectivity index (χ4v) is 2.57. The lowest BCUT2D eigenvalue weighted by Gasteiger charge is -2.18. The third-order valence-corrected chi connectivity index (χ3v) is 3.92. The zero-order valence-corrected chi connectivity index (χ0v) is 13.9. The second kappa shape index (κ2) is 7.79. The Hall–Kier alpha value is -2.60. The van der Waals surface area contributed by atoms with Crippen LogP contribution in [0.2, 0.25) is 0 Å². The van der Waals surface area contributed by atoms with Gasteiger partial charge < -0.3 is 29.5 Å². The van der Waals surface area contributed by atoms with E-state index in [0.29, 0.717) is 12.2 Å². The zero-order chi connectivity index (χ0) is 17.7. The molecule has 0 heterocycles. The van der Waals surface area contributed by atoms with Gasteiger partial charge in [-0.3, -0.25) is 0 Å². The molecule has 3 N–H and O–H groups in total. The first kappa shape index (κ1) is 17.7. The third kappa shape index (κ3) is 3.65. The van der Waals surface area contributed by atoms with E-state index in [1.807, 2.05) is 0 Å². The van der Waals surface area contributed by atoms with E-state index in [1.165, 1.54) is 21.3 Å². The SMILES string of the molecule is COc1cc(CC(CO)c2cc(OC)c(O)c(OC)c2)ccc1O. The molecule has 0 aliphatic heterocycles. The van der Waals surface area contributed by atoms with Gasteiger partial charge in [-0.25, -0.2) is 0 Å². The number of ether oxygens (including phenoxy) is 3. The first-order valence-corrected chi connectivity index (χ1v) is 7.45. The molecular weight excluding hydrogens is 312 g/mol. The molecule has 0 fully saturated rings. The zero-order valence-electron chi connectivity index (χ0n) is 13.9. The van der Waals surface area contributed by atoms with Crippen molar-refractivity contribution in [2.75, 3.05) is 27.9 Å². The number of hydrogen-bond acceptors (Lipinski definition) is 6. The van der Waals surface area contributed by atoms with Gasteiger partial charge in [-0.2, -0.15) is 0 Å². The summed E-state index contributed by atoms with van der Waals surface area (Å²) in [6, 6.07) is 8.41. The molecule has 0 aliphatic rings. The van der Waals surface area contributed by atoms with Crippen molar-refractivity contribution < 1.29 is 29.5 Å². The van der Waals surface area contributed by atoms with Crippen LogP contribution in [0.15, 0.2) is 30.3 Å². The minimum Gasteiger partial charge on any atom is -0.504 e. The fourth-order valence-electron chi connectivity index (χ4n) is 2.57. The van der Waals surface area contributed by atoms with E-state index < -0.39 is 0 Å². The van der Waals surface area contributed by atoms with Gasteiger partial charge >= 0.3 is 0 Å². The molecule has 0 aromatic heterocycles. The summed E-state index contributed by atoms with van der Waals surface area (Å²) in [4.78, 5) is 0. The van der Waals surface area contributed by atoms with Crippen LogP contribution in [-0.2, 0) is 6.42 Å². The molecule has 0 spiro atoms. The number of aliphatic hydroxyl groups excluding tert-OH is 1. The van der Waals surface area contributed by atoms with E-state index in [1.54, 1.807) is 30.3 Å². The van der Waals surface area contributed by atoms with Crippen LogP contribution in [0.3, 0.4) is 0 Å². The first-order chi connectivity index (χ1) is 11.5. The van der Waals surface area contributed by atoms with Gasteiger partial charge in [-0.1, -0.05) is 6.07 Å². The molecular formula is C18H22O6. The number of phenols is 2. The standard InChI is InChI=1S/C18H22O6/c1-22-15-7-11(4-5-14(15)20)6-13(10-19)12-8-16(23-2)18(21)17(9-12)24-3/h4-5,7-9,13,19-21H,6,10H2,1-3H3. The lowest BCUT2D eigenvalue weighted by atomic mass is 9.92. The van der Waals surface area contributed by atoms with Crippen molar-refractivity contribution in [2.24, 2.45) is 0 Å². The molecule has 0 saturated heterocycles. The quantitative estimate of drug-likeness (QED) is 0.721. The molecule has 0 aliphatic carbocycles. The maximum Gasteiger partial charge on any atom is 0.200 e. The number of rotatable bonds is 7. The minimum absolute atomic E-state index is 0.0646. The van der Waals surface area contributed by atoms with Crippen molar-refractivity contribution in [3.05, 3.63) is 41.5 Å². The Morgan fingerprint density at radius 3 is 1.96 bits per heavy atom. The molecule has 24 heavy (non-hydrogen) atoms. The van der Waals surface area contributed by atoms with Gasteiger partial charge in [0.05, 0.1) is 27.9 Å². The Kier molecular flexibility index (Phi) is 5.76. The molecule has 1 unspecified atom stereocenters. The van der Waals surface area contributed by atoms with E-state index in [9.17, 15) is 15.3 Å². The predicted molar refractivity (Wildman–Crippen MR) is 89.4 cm³/mol. The summed E-state index contributed by atoms with van der Waals surface area (Å²) in [5, 5.41) is 29.5. The van der Waals surface area contributed by atoms with Crippen molar-refractivity contribution in [3.63, 3.8) is 0 Å². The van der Waals surface area contributed by atoms with Crippen molar-refractivity contribution in [1.82, 2.24) is 0 Å². The molecule has 130 valence electrons. The average Bonchev–Trinajstić information content (AvgIpc) is 2.61. The van der Waals surface area contributed by atoms with Gasteiger partial charge in [0.25, 0.3) is 0 Å². The highest BCUT2D eigenvalue weighted by molar-refractivity contribution is 5.53. The summed E-state index contributed by atoms with van der Waals surface area (Å²) in [7, 11) is 4.40. The average molecular weight is 334 g/mol. The minimum atomic E-state index is -0.234. The molecule has 0 amide bonds. The Bertz CT molecular complexity index is 673. The second-order valence-electron chi connectivity index (χ2n) is 5.36. The van der Waals surface area contributed by atoms with Crippen LogP contribution in [-0.4, -0.2) is 43.3 Å². The van der Waals surface area contributed by atoms with Crippen LogP contribution in [0.25, 0.3) is 0 Å². The second-order valence-corrected chi connectivity index (χ2v) is 5.36. The van der Waals surface area contributed by atoms with Crippen molar-refractivity contribution in [3.8, 4) is 28.7 Å². The predicted octanol–water partition coefficient (Wildman–Crippen LogP) is 2.44. The Labute approximate surface area is 140 Å². The molecule has 6 heteroatoms. The highest BCUT2D eigenvalue weighted by Crippen LogP contribution is 2.40. The molecule has 0 radical (unpaired) electrons. The third-order valence-electron chi connectivity index (χ3n) is 3.92. The Balaban J connectivity index is 2.35. The van der Waals surface area contributed by atoms with Crippen LogP contribution in [0.5, 0.6) is 28.7 Å². The number of benzene rings is 2. The van der Waals surface area contributed by atoms with E-state index in [2.05, 4.69) is 0 Å². The number of aliphatic hydroxyl groups is 1. The topological polar surface area (TPSA) is 88.4 Å². The molecule has 2 aromatic carbocycles. The summed E-state index contributed by atoms with van der Waals surface area (Å²) >= 11 is 0. The van der Waals surface area contributed by atoms with Crippen molar-refractivity contribution in [1.29, 1.82) is 0 Å².